The van der Waals surface area contributed by atoms with Crippen LogP contribution in [0.1, 0.15) is 205 Å². The van der Waals surface area contributed by atoms with Crippen molar-refractivity contribution in [2.45, 2.75) is 206 Å². The van der Waals surface area contributed by atoms with Crippen LogP contribution in [0.5, 0.6) is 0 Å². The molecule has 10 nitrogen and oxygen atoms in total. The Kier molecular flexibility index (Phi) is 25.8. The topological polar surface area (TPSA) is 112 Å². The SMILES string of the molecule is CCCCCCCCOC(=O)[C@@H]1[C@@H](C(=O)OCCCCCCCC)N2[C@@H](c3ccccc3)[C@H](C(=O)OCCCCCCCC)[C@H](C(=O)OCCCCCCCC)N2[C@@H]1c1ccccc1. The maximum absolute atomic E-state index is 14.9. The number of hydrogen-bond acceptors (Lipinski definition) is 10. The van der Waals surface area contributed by atoms with Gasteiger partial charge in [-0.25, -0.2) is 10.0 Å². The van der Waals surface area contributed by atoms with E-state index in [0.717, 1.165) is 114 Å². The van der Waals surface area contributed by atoms with E-state index in [1.807, 2.05) is 70.7 Å². The number of carbonyl (C=O) groups is 4. The van der Waals surface area contributed by atoms with E-state index < -0.39 is 59.9 Å². The molecule has 0 aliphatic carbocycles. The highest BCUT2D eigenvalue weighted by Gasteiger charge is 2.69. The van der Waals surface area contributed by atoms with Gasteiger partial charge in [-0.05, 0) is 36.8 Å². The lowest BCUT2D eigenvalue weighted by atomic mass is 9.82. The minimum atomic E-state index is -1.20. The van der Waals surface area contributed by atoms with Crippen molar-refractivity contribution < 1.29 is 38.1 Å². The van der Waals surface area contributed by atoms with Crippen LogP contribution in [-0.4, -0.2) is 72.4 Å². The van der Waals surface area contributed by atoms with Crippen molar-refractivity contribution in [2.24, 2.45) is 11.8 Å². The van der Waals surface area contributed by atoms with Crippen LogP contribution in [0.15, 0.2) is 60.7 Å². The summed E-state index contributed by atoms with van der Waals surface area (Å²) in [5.41, 5.74) is 1.45. The molecule has 2 heterocycles. The van der Waals surface area contributed by atoms with Crippen molar-refractivity contribution in [1.82, 2.24) is 10.0 Å². The highest BCUT2D eigenvalue weighted by Crippen LogP contribution is 2.56. The van der Waals surface area contributed by atoms with Crippen LogP contribution in [0, 0.1) is 11.8 Å². The minimum Gasteiger partial charge on any atom is -0.465 e. The van der Waals surface area contributed by atoms with Gasteiger partial charge in [-0.15, -0.1) is 0 Å². The number of rotatable bonds is 34. The molecular weight excluding hydrogens is 805 g/mol. The number of nitrogens with zero attached hydrogens (tertiary/aromatic N) is 2. The molecule has 0 spiro atoms. The Balaban J connectivity index is 1.78. The largest absolute Gasteiger partial charge is 0.465 e. The van der Waals surface area contributed by atoms with Gasteiger partial charge in [0, 0.05) is 0 Å². The van der Waals surface area contributed by atoms with Gasteiger partial charge in [-0.3, -0.25) is 19.2 Å². The van der Waals surface area contributed by atoms with Crippen LogP contribution in [0.2, 0.25) is 0 Å². The first kappa shape index (κ1) is 52.9. The summed E-state index contributed by atoms with van der Waals surface area (Å²) in [7, 11) is 0. The molecule has 10 heteroatoms. The third kappa shape index (κ3) is 16.3. The lowest BCUT2D eigenvalue weighted by molar-refractivity contribution is -0.163. The molecule has 64 heavy (non-hydrogen) atoms. The molecule has 0 saturated carbocycles. The second kappa shape index (κ2) is 31.2. The third-order valence-electron chi connectivity index (χ3n) is 13.0. The Hall–Kier alpha value is -3.76. The van der Waals surface area contributed by atoms with E-state index in [9.17, 15) is 19.2 Å². The highest BCUT2D eigenvalue weighted by molar-refractivity contribution is 5.90. The number of carbonyl (C=O) groups excluding carboxylic acids is 4. The summed E-state index contributed by atoms with van der Waals surface area (Å²) >= 11 is 0. The van der Waals surface area contributed by atoms with Crippen molar-refractivity contribution in [1.29, 1.82) is 0 Å². The third-order valence-corrected chi connectivity index (χ3v) is 13.0. The van der Waals surface area contributed by atoms with E-state index in [0.29, 0.717) is 25.7 Å². The molecule has 0 radical (unpaired) electrons. The molecule has 2 aliphatic heterocycles. The summed E-state index contributed by atoms with van der Waals surface area (Å²) in [6.07, 6.45) is 24.6. The van der Waals surface area contributed by atoms with Gasteiger partial charge in [0.05, 0.1) is 38.5 Å². The summed E-state index contributed by atoms with van der Waals surface area (Å²) in [5.74, 6) is -4.32. The molecule has 6 atom stereocenters. The van der Waals surface area contributed by atoms with E-state index in [-0.39, 0.29) is 26.4 Å². The van der Waals surface area contributed by atoms with Gasteiger partial charge in [0.25, 0.3) is 0 Å². The standard InChI is InChI=1S/C54H84N2O8/c1-5-9-13-17-21-31-39-61-51(57)45-47(43-35-27-25-28-36-43)55-50(54(60)64-42-34-24-20-16-12-8-4)46(52(58)62-40-32-22-18-14-10-6-2)48(44-37-29-26-30-38-44)56(55)49(45)53(59)63-41-33-23-19-15-11-7-3/h25-30,35-38,45-50H,5-24,31-34,39-42H2,1-4H3/t45-,46-,47-,48+,49+,50-/m0/s1. The van der Waals surface area contributed by atoms with Gasteiger partial charge < -0.3 is 18.9 Å². The van der Waals surface area contributed by atoms with Crippen molar-refractivity contribution in [3.63, 3.8) is 0 Å². The zero-order valence-corrected chi connectivity index (χ0v) is 40.2. The number of fused-ring (bicyclic) bond motifs is 1. The fourth-order valence-corrected chi connectivity index (χ4v) is 9.55. The first-order valence-corrected chi connectivity index (χ1v) is 25.7. The van der Waals surface area contributed by atoms with Crippen molar-refractivity contribution >= 4 is 23.9 Å². The van der Waals surface area contributed by atoms with E-state index in [4.69, 9.17) is 18.9 Å². The molecule has 2 aromatic rings. The molecule has 358 valence electrons. The molecule has 2 fully saturated rings. The Morgan fingerprint density at radius 2 is 0.609 bits per heavy atom. The Morgan fingerprint density at radius 1 is 0.359 bits per heavy atom. The second-order valence-corrected chi connectivity index (χ2v) is 18.2. The molecule has 0 N–H and O–H groups in total. The fraction of sp³-hybridized carbons (Fsp3) is 0.704. The van der Waals surface area contributed by atoms with Crippen molar-refractivity contribution in [3.8, 4) is 0 Å². The first-order valence-electron chi connectivity index (χ1n) is 25.7. The molecule has 2 aliphatic rings. The molecule has 0 bridgehead atoms. The summed E-state index contributed by atoms with van der Waals surface area (Å²) in [6, 6.07) is 15.0. The van der Waals surface area contributed by atoms with Gasteiger partial charge in [0.1, 0.15) is 23.9 Å². The van der Waals surface area contributed by atoms with Crippen LogP contribution in [0.4, 0.5) is 0 Å². The van der Waals surface area contributed by atoms with Crippen molar-refractivity contribution in [2.75, 3.05) is 26.4 Å². The van der Waals surface area contributed by atoms with Crippen molar-refractivity contribution in [3.05, 3.63) is 71.8 Å². The number of esters is 4. The van der Waals surface area contributed by atoms with Gasteiger partial charge in [-0.2, -0.15) is 0 Å². The quantitative estimate of drug-likeness (QED) is 0.0382. The van der Waals surface area contributed by atoms with Gasteiger partial charge in [-0.1, -0.05) is 217 Å². The lowest BCUT2D eigenvalue weighted by Gasteiger charge is -2.32. The Labute approximate surface area is 386 Å². The molecule has 0 amide bonds. The van der Waals surface area contributed by atoms with E-state index in [1.165, 1.54) is 25.7 Å². The summed E-state index contributed by atoms with van der Waals surface area (Å²) in [6.45, 7) is 9.60. The normalized spacial score (nSPS) is 20.8. The zero-order valence-electron chi connectivity index (χ0n) is 40.2. The maximum atomic E-state index is 14.9. The van der Waals surface area contributed by atoms with Crippen LogP contribution < -0.4 is 0 Å². The number of benzene rings is 2. The summed E-state index contributed by atoms with van der Waals surface area (Å²) in [4.78, 5) is 59.5. The van der Waals surface area contributed by atoms with Crippen LogP contribution in [0.25, 0.3) is 0 Å². The summed E-state index contributed by atoms with van der Waals surface area (Å²) in [5, 5.41) is 3.64. The van der Waals surface area contributed by atoms with E-state index in [1.54, 1.807) is 0 Å². The number of unbranched alkanes of at least 4 members (excludes halogenated alkanes) is 20. The highest BCUT2D eigenvalue weighted by atomic mass is 16.6. The predicted molar refractivity (Wildman–Crippen MR) is 254 cm³/mol. The van der Waals surface area contributed by atoms with Gasteiger partial charge >= 0.3 is 23.9 Å². The number of hydrazine groups is 1. The van der Waals surface area contributed by atoms with Crippen LogP contribution in [-0.2, 0) is 38.1 Å². The van der Waals surface area contributed by atoms with E-state index >= 15 is 0 Å². The average Bonchev–Trinajstić information content (AvgIpc) is 3.84. The monoisotopic (exact) mass is 889 g/mol. The van der Waals surface area contributed by atoms with Gasteiger partial charge in [0.15, 0.2) is 0 Å². The van der Waals surface area contributed by atoms with Crippen LogP contribution >= 0.6 is 0 Å². The summed E-state index contributed by atoms with van der Waals surface area (Å²) < 4.78 is 24.6. The molecule has 2 aromatic carbocycles. The second-order valence-electron chi connectivity index (χ2n) is 18.2. The number of ether oxygens (including phenoxy) is 4. The van der Waals surface area contributed by atoms with Gasteiger partial charge in [0.2, 0.25) is 0 Å². The smallest absolute Gasteiger partial charge is 0.325 e. The zero-order chi connectivity index (χ0) is 45.8. The Morgan fingerprint density at radius 3 is 0.891 bits per heavy atom. The van der Waals surface area contributed by atoms with E-state index in [2.05, 4.69) is 27.7 Å². The maximum Gasteiger partial charge on any atom is 0.325 e. The average molecular weight is 889 g/mol. The molecule has 2 saturated heterocycles. The Bertz CT molecular complexity index is 1470. The molecule has 4 rings (SSSR count). The predicted octanol–water partition coefficient (Wildman–Crippen LogP) is 12.6. The molecular formula is C54H84N2O8. The minimum absolute atomic E-state index is 0.203. The first-order chi connectivity index (χ1) is 31.4. The molecule has 0 unspecified atom stereocenters. The fourth-order valence-electron chi connectivity index (χ4n) is 9.55. The molecule has 0 aromatic heterocycles. The number of hydrogen-bond donors (Lipinski definition) is 0. The lowest BCUT2D eigenvalue weighted by Crippen LogP contribution is -2.47. The van der Waals surface area contributed by atoms with Crippen LogP contribution in [0.3, 0.4) is 0 Å².